The Morgan fingerprint density at radius 3 is 2.96 bits per heavy atom. The zero-order valence-electron chi connectivity index (χ0n) is 14.1. The molecule has 1 aliphatic heterocycles. The van der Waals surface area contributed by atoms with Gasteiger partial charge in [0.25, 0.3) is 5.91 Å². The van der Waals surface area contributed by atoms with E-state index in [1.165, 1.54) is 0 Å². The Morgan fingerprint density at radius 1 is 1.38 bits per heavy atom. The largest absolute Gasteiger partial charge is 0.347 e. The van der Waals surface area contributed by atoms with Gasteiger partial charge in [-0.3, -0.25) is 4.79 Å². The molecule has 1 N–H and O–H groups in total. The molecule has 3 heterocycles. The molecule has 0 saturated carbocycles. The third-order valence-electron chi connectivity index (χ3n) is 4.91. The summed E-state index contributed by atoms with van der Waals surface area (Å²) >= 11 is 0. The molecule has 1 aliphatic rings. The highest BCUT2D eigenvalue weighted by atomic mass is 16.2. The lowest BCUT2D eigenvalue weighted by molar-refractivity contribution is 0.0732. The van der Waals surface area contributed by atoms with E-state index in [0.717, 1.165) is 53.9 Å². The lowest BCUT2D eigenvalue weighted by atomic mass is 10.1. The van der Waals surface area contributed by atoms with Crippen LogP contribution in [0, 0.1) is 6.92 Å². The van der Waals surface area contributed by atoms with Crippen molar-refractivity contribution < 1.29 is 4.79 Å². The number of benzene rings is 1. The molecule has 1 saturated heterocycles. The first-order valence-corrected chi connectivity index (χ1v) is 8.59. The van der Waals surface area contributed by atoms with E-state index >= 15 is 0 Å². The van der Waals surface area contributed by atoms with Crippen molar-refractivity contribution in [2.75, 3.05) is 6.54 Å². The molecule has 1 amide bonds. The fourth-order valence-electron chi connectivity index (χ4n) is 3.73. The van der Waals surface area contributed by atoms with Crippen LogP contribution in [0.5, 0.6) is 0 Å². The van der Waals surface area contributed by atoms with Crippen molar-refractivity contribution in [2.24, 2.45) is 0 Å². The molecular weight excluding hydrogens is 300 g/mol. The third kappa shape index (κ3) is 2.31. The molecule has 2 aromatic heterocycles. The Kier molecular flexibility index (Phi) is 3.63. The number of aryl methyl sites for hydroxylation is 2. The number of para-hydroxylation sites is 1. The smallest absolute Gasteiger partial charge is 0.256 e. The number of nitrogens with zero attached hydrogens (tertiary/aromatic N) is 3. The second-order valence-electron chi connectivity index (χ2n) is 6.45. The second kappa shape index (κ2) is 5.82. The summed E-state index contributed by atoms with van der Waals surface area (Å²) in [7, 11) is 0. The Labute approximate surface area is 141 Å². The molecule has 4 rings (SSSR count). The molecule has 0 aliphatic carbocycles. The van der Waals surface area contributed by atoms with Gasteiger partial charge in [0.15, 0.2) is 0 Å². The average Bonchev–Trinajstić information content (AvgIpc) is 3.31. The summed E-state index contributed by atoms with van der Waals surface area (Å²) in [5, 5.41) is 1.03. The summed E-state index contributed by atoms with van der Waals surface area (Å²) in [4.78, 5) is 23.0. The van der Waals surface area contributed by atoms with Crippen molar-refractivity contribution in [2.45, 2.75) is 39.3 Å². The molecule has 24 heavy (non-hydrogen) atoms. The molecule has 1 unspecified atom stereocenters. The molecule has 1 atom stereocenters. The quantitative estimate of drug-likeness (QED) is 0.800. The molecular formula is C19H22N4O. The number of nitrogens with one attached hydrogen (secondary N) is 1. The van der Waals surface area contributed by atoms with Crippen molar-refractivity contribution in [3.05, 3.63) is 53.7 Å². The van der Waals surface area contributed by atoms with Crippen LogP contribution in [-0.4, -0.2) is 31.9 Å². The van der Waals surface area contributed by atoms with Crippen molar-refractivity contribution >= 4 is 16.8 Å². The lowest BCUT2D eigenvalue weighted by Gasteiger charge is -2.23. The molecule has 5 heteroatoms. The first kappa shape index (κ1) is 15.0. The van der Waals surface area contributed by atoms with Gasteiger partial charge in [-0.1, -0.05) is 18.2 Å². The lowest BCUT2D eigenvalue weighted by Crippen LogP contribution is -2.31. The number of H-pyrrole nitrogens is 1. The Morgan fingerprint density at radius 2 is 2.21 bits per heavy atom. The molecule has 1 aromatic carbocycles. The molecule has 124 valence electrons. The number of fused-ring (bicyclic) bond motifs is 1. The first-order valence-electron chi connectivity index (χ1n) is 8.59. The number of likely N-dealkylation sites (tertiary alicyclic amines) is 1. The Bertz CT molecular complexity index is 892. The topological polar surface area (TPSA) is 53.9 Å². The highest BCUT2D eigenvalue weighted by Crippen LogP contribution is 2.33. The van der Waals surface area contributed by atoms with Gasteiger partial charge < -0.3 is 14.5 Å². The van der Waals surface area contributed by atoms with Gasteiger partial charge >= 0.3 is 0 Å². The number of hydrogen-bond donors (Lipinski definition) is 1. The van der Waals surface area contributed by atoms with Gasteiger partial charge in [0.05, 0.1) is 11.6 Å². The predicted octanol–water partition coefficient (Wildman–Crippen LogP) is 3.67. The third-order valence-corrected chi connectivity index (χ3v) is 4.91. The number of aromatic amines is 1. The number of carbonyl (C=O) groups excluding carboxylic acids is 1. The van der Waals surface area contributed by atoms with E-state index in [-0.39, 0.29) is 11.9 Å². The van der Waals surface area contributed by atoms with Crippen LogP contribution in [0.3, 0.4) is 0 Å². The molecule has 5 nitrogen and oxygen atoms in total. The van der Waals surface area contributed by atoms with Crippen LogP contribution in [0.2, 0.25) is 0 Å². The number of rotatable bonds is 3. The first-order chi connectivity index (χ1) is 11.7. The zero-order valence-corrected chi connectivity index (χ0v) is 14.1. The standard InChI is InChI=1S/C19H22N4O/c1-3-22-12-15(14-7-4-5-8-16(14)22)19(24)23-10-6-9-17(23)18-20-11-13(2)21-18/h4-5,7-8,11-12,17H,3,6,9-10H2,1-2H3,(H,20,21). The summed E-state index contributed by atoms with van der Waals surface area (Å²) in [5.41, 5.74) is 2.95. The van der Waals surface area contributed by atoms with Crippen LogP contribution in [0.1, 0.15) is 47.7 Å². The van der Waals surface area contributed by atoms with Gasteiger partial charge in [-0.15, -0.1) is 0 Å². The van der Waals surface area contributed by atoms with Gasteiger partial charge in [0.1, 0.15) is 5.82 Å². The van der Waals surface area contributed by atoms with E-state index < -0.39 is 0 Å². The Balaban J connectivity index is 1.73. The van der Waals surface area contributed by atoms with E-state index in [4.69, 9.17) is 0 Å². The number of carbonyl (C=O) groups is 1. The summed E-state index contributed by atoms with van der Waals surface area (Å²) in [5.74, 6) is 1.01. The van der Waals surface area contributed by atoms with E-state index in [1.807, 2.05) is 42.4 Å². The summed E-state index contributed by atoms with van der Waals surface area (Å²) < 4.78 is 2.14. The van der Waals surface area contributed by atoms with Crippen LogP contribution in [0.15, 0.2) is 36.7 Å². The maximum absolute atomic E-state index is 13.3. The maximum atomic E-state index is 13.3. The van der Waals surface area contributed by atoms with Gasteiger partial charge in [-0.05, 0) is 32.8 Å². The van der Waals surface area contributed by atoms with E-state index in [1.54, 1.807) is 0 Å². The number of hydrogen-bond acceptors (Lipinski definition) is 2. The maximum Gasteiger partial charge on any atom is 0.256 e. The minimum Gasteiger partial charge on any atom is -0.347 e. The van der Waals surface area contributed by atoms with Gasteiger partial charge in [-0.25, -0.2) is 4.98 Å². The normalized spacial score (nSPS) is 17.8. The minimum atomic E-state index is 0.0509. The van der Waals surface area contributed by atoms with E-state index in [2.05, 4.69) is 27.5 Å². The highest BCUT2D eigenvalue weighted by Gasteiger charge is 2.33. The monoisotopic (exact) mass is 322 g/mol. The van der Waals surface area contributed by atoms with Gasteiger partial charge in [0, 0.05) is 42.1 Å². The SMILES string of the molecule is CCn1cc(C(=O)N2CCCC2c2ncc(C)[nH]2)c2ccccc21. The zero-order chi connectivity index (χ0) is 16.7. The predicted molar refractivity (Wildman–Crippen MR) is 93.9 cm³/mol. The van der Waals surface area contributed by atoms with E-state index in [9.17, 15) is 4.79 Å². The second-order valence-corrected chi connectivity index (χ2v) is 6.45. The van der Waals surface area contributed by atoms with E-state index in [0.29, 0.717) is 0 Å². The fourth-order valence-corrected chi connectivity index (χ4v) is 3.73. The van der Waals surface area contributed by atoms with Crippen LogP contribution < -0.4 is 0 Å². The number of amides is 1. The van der Waals surface area contributed by atoms with Crippen molar-refractivity contribution in [1.29, 1.82) is 0 Å². The van der Waals surface area contributed by atoms with Gasteiger partial charge in [0.2, 0.25) is 0 Å². The number of imidazole rings is 1. The minimum absolute atomic E-state index is 0.0509. The van der Waals surface area contributed by atoms with Crippen LogP contribution in [-0.2, 0) is 6.54 Å². The summed E-state index contributed by atoms with van der Waals surface area (Å²) in [6.07, 6.45) is 5.81. The van der Waals surface area contributed by atoms with Crippen LogP contribution >= 0.6 is 0 Å². The molecule has 0 radical (unpaired) electrons. The van der Waals surface area contributed by atoms with Gasteiger partial charge in [-0.2, -0.15) is 0 Å². The Hall–Kier alpha value is -2.56. The molecule has 1 fully saturated rings. The summed E-state index contributed by atoms with van der Waals surface area (Å²) in [6, 6.07) is 8.18. The fraction of sp³-hybridized carbons (Fsp3) is 0.368. The molecule has 3 aromatic rings. The van der Waals surface area contributed by atoms with Crippen LogP contribution in [0.25, 0.3) is 10.9 Å². The molecule has 0 spiro atoms. The average molecular weight is 322 g/mol. The number of aromatic nitrogens is 3. The van der Waals surface area contributed by atoms with Crippen molar-refractivity contribution in [3.63, 3.8) is 0 Å². The van der Waals surface area contributed by atoms with Crippen molar-refractivity contribution in [3.8, 4) is 0 Å². The van der Waals surface area contributed by atoms with Crippen molar-refractivity contribution in [1.82, 2.24) is 19.4 Å². The highest BCUT2D eigenvalue weighted by molar-refractivity contribution is 6.07. The van der Waals surface area contributed by atoms with Crippen LogP contribution in [0.4, 0.5) is 0 Å². The molecule has 0 bridgehead atoms. The summed E-state index contributed by atoms with van der Waals surface area (Å²) in [6.45, 7) is 5.74.